The molecule has 9 heteroatoms. The van der Waals surface area contributed by atoms with E-state index >= 15 is 0 Å². The molecule has 2 aliphatic heterocycles. The third-order valence-electron chi connectivity index (χ3n) is 7.47. The lowest BCUT2D eigenvalue weighted by Gasteiger charge is -2.49. The van der Waals surface area contributed by atoms with Crippen molar-refractivity contribution in [1.29, 1.82) is 0 Å². The molecule has 184 valence electrons. The zero-order chi connectivity index (χ0) is 24.7. The molecule has 2 saturated heterocycles. The molecule has 2 N–H and O–H groups in total. The van der Waals surface area contributed by atoms with Gasteiger partial charge in [0.2, 0.25) is 0 Å². The van der Waals surface area contributed by atoms with Crippen molar-refractivity contribution >= 4 is 18.0 Å². The third kappa shape index (κ3) is 4.24. The number of carboxylic acid groups (broad SMARTS) is 1. The van der Waals surface area contributed by atoms with Crippen LogP contribution >= 0.6 is 0 Å². The van der Waals surface area contributed by atoms with Crippen LogP contribution in [0.25, 0.3) is 11.1 Å². The lowest BCUT2D eigenvalue weighted by Crippen LogP contribution is -2.61. The Labute approximate surface area is 201 Å². The van der Waals surface area contributed by atoms with Crippen LogP contribution in [-0.2, 0) is 14.3 Å². The van der Waals surface area contributed by atoms with Crippen molar-refractivity contribution < 1.29 is 33.0 Å². The molecule has 35 heavy (non-hydrogen) atoms. The number of hydrogen-bond donors (Lipinski definition) is 2. The Bertz CT molecular complexity index is 1120. The average molecular weight is 484 g/mol. The molecule has 2 heterocycles. The SMILES string of the molecule is O=C(NCC(F)(F)C(=O)N1CC2CCC1C(C(=O)O)C2)OCC1c2ccccc2-c2ccccc21. The van der Waals surface area contributed by atoms with E-state index < -0.39 is 42.4 Å². The van der Waals surface area contributed by atoms with Crippen LogP contribution in [0, 0.1) is 11.8 Å². The maximum Gasteiger partial charge on any atom is 0.407 e. The largest absolute Gasteiger partial charge is 0.481 e. The van der Waals surface area contributed by atoms with Gasteiger partial charge in [0.1, 0.15) is 6.61 Å². The van der Waals surface area contributed by atoms with Crippen LogP contribution in [0.1, 0.15) is 36.3 Å². The molecule has 7 nitrogen and oxygen atoms in total. The van der Waals surface area contributed by atoms with Gasteiger partial charge in [0, 0.05) is 18.5 Å². The Morgan fingerprint density at radius 3 is 2.26 bits per heavy atom. The first kappa shape index (κ1) is 23.3. The molecule has 3 unspecified atom stereocenters. The number of aliphatic carboxylic acids is 1. The number of carboxylic acids is 1. The summed E-state index contributed by atoms with van der Waals surface area (Å²) in [7, 11) is 0. The number of piperidine rings is 2. The van der Waals surface area contributed by atoms with E-state index in [1.54, 1.807) is 0 Å². The van der Waals surface area contributed by atoms with E-state index in [1.807, 2.05) is 53.8 Å². The molecule has 3 atom stereocenters. The van der Waals surface area contributed by atoms with Crippen molar-refractivity contribution in [2.45, 2.75) is 37.1 Å². The van der Waals surface area contributed by atoms with Gasteiger partial charge in [-0.25, -0.2) is 4.79 Å². The molecule has 6 rings (SSSR count). The molecule has 1 saturated carbocycles. The Balaban J connectivity index is 1.19. The number of rotatable bonds is 6. The van der Waals surface area contributed by atoms with E-state index in [2.05, 4.69) is 0 Å². The Morgan fingerprint density at radius 2 is 1.66 bits per heavy atom. The van der Waals surface area contributed by atoms with E-state index in [9.17, 15) is 28.3 Å². The van der Waals surface area contributed by atoms with Crippen molar-refractivity contribution in [2.24, 2.45) is 11.8 Å². The standard InChI is InChI=1S/C26H26F2N2O5/c27-26(28,24(33)30-12-15-9-10-22(30)20(11-15)23(31)32)14-29-25(34)35-13-21-18-7-3-1-5-16(18)17-6-2-4-8-19(17)21/h1-8,15,20-22H,9-14H2,(H,29,34)(H,31,32). The molecule has 3 fully saturated rings. The highest BCUT2D eigenvalue weighted by atomic mass is 19.3. The normalized spacial score (nSPS) is 22.9. The first-order chi connectivity index (χ1) is 16.8. The van der Waals surface area contributed by atoms with E-state index in [0.717, 1.165) is 33.6 Å². The van der Waals surface area contributed by atoms with E-state index in [4.69, 9.17) is 4.74 Å². The van der Waals surface area contributed by atoms with Gasteiger partial charge in [0.15, 0.2) is 0 Å². The minimum atomic E-state index is -3.87. The number of nitrogens with one attached hydrogen (secondary N) is 1. The number of nitrogens with zero attached hydrogens (tertiary/aromatic N) is 1. The zero-order valence-corrected chi connectivity index (χ0v) is 19.0. The van der Waals surface area contributed by atoms with Crippen molar-refractivity contribution in [1.82, 2.24) is 10.2 Å². The summed E-state index contributed by atoms with van der Waals surface area (Å²) in [6.07, 6.45) is 0.473. The molecular formula is C26H26F2N2O5. The minimum absolute atomic E-state index is 0.0322. The van der Waals surface area contributed by atoms with Gasteiger partial charge in [-0.15, -0.1) is 0 Å². The Hall–Kier alpha value is -3.49. The second-order valence-corrected chi connectivity index (χ2v) is 9.53. The van der Waals surface area contributed by atoms with Crippen LogP contribution in [0.15, 0.2) is 48.5 Å². The van der Waals surface area contributed by atoms with Crippen molar-refractivity contribution in [3.05, 3.63) is 59.7 Å². The Morgan fingerprint density at radius 1 is 1.03 bits per heavy atom. The van der Waals surface area contributed by atoms with Gasteiger partial charge in [-0.05, 0) is 47.4 Å². The average Bonchev–Trinajstić information content (AvgIpc) is 3.19. The lowest BCUT2D eigenvalue weighted by molar-refractivity contribution is -0.171. The number of carbonyl (C=O) groups is 3. The number of ether oxygens (including phenoxy) is 1. The van der Waals surface area contributed by atoms with Crippen LogP contribution < -0.4 is 5.32 Å². The first-order valence-corrected chi connectivity index (χ1v) is 11.8. The van der Waals surface area contributed by atoms with Crippen molar-refractivity contribution in [2.75, 3.05) is 19.7 Å². The number of fused-ring (bicyclic) bond motifs is 6. The summed E-state index contributed by atoms with van der Waals surface area (Å²) in [5.74, 6) is -7.54. The van der Waals surface area contributed by atoms with Crippen LogP contribution in [0.4, 0.5) is 13.6 Å². The smallest absolute Gasteiger partial charge is 0.407 e. The summed E-state index contributed by atoms with van der Waals surface area (Å²) < 4.78 is 34.8. The van der Waals surface area contributed by atoms with Crippen molar-refractivity contribution in [3.63, 3.8) is 0 Å². The number of amides is 2. The minimum Gasteiger partial charge on any atom is -0.481 e. The van der Waals surface area contributed by atoms with Gasteiger partial charge in [-0.3, -0.25) is 9.59 Å². The monoisotopic (exact) mass is 484 g/mol. The molecule has 2 amide bonds. The van der Waals surface area contributed by atoms with Gasteiger partial charge in [-0.2, -0.15) is 8.78 Å². The van der Waals surface area contributed by atoms with Gasteiger partial charge in [0.05, 0.1) is 12.5 Å². The van der Waals surface area contributed by atoms with Crippen LogP contribution in [0.2, 0.25) is 0 Å². The maximum absolute atomic E-state index is 14.7. The van der Waals surface area contributed by atoms with E-state index in [0.29, 0.717) is 12.8 Å². The van der Waals surface area contributed by atoms with Crippen LogP contribution in [0.5, 0.6) is 0 Å². The summed E-state index contributed by atoms with van der Waals surface area (Å²) in [5, 5.41) is 11.4. The molecule has 2 aromatic rings. The van der Waals surface area contributed by atoms with Gasteiger partial charge < -0.3 is 20.1 Å². The summed E-state index contributed by atoms with van der Waals surface area (Å²) >= 11 is 0. The molecular weight excluding hydrogens is 458 g/mol. The fourth-order valence-electron chi connectivity index (χ4n) is 5.81. The Kier molecular flexibility index (Phi) is 5.94. The fourth-order valence-corrected chi connectivity index (χ4v) is 5.81. The predicted molar refractivity (Wildman–Crippen MR) is 122 cm³/mol. The van der Waals surface area contributed by atoms with Crippen LogP contribution in [-0.4, -0.2) is 59.6 Å². The zero-order valence-electron chi connectivity index (χ0n) is 19.0. The van der Waals surface area contributed by atoms with E-state index in [-0.39, 0.29) is 25.0 Å². The van der Waals surface area contributed by atoms with Crippen molar-refractivity contribution in [3.8, 4) is 11.1 Å². The molecule has 0 spiro atoms. The highest BCUT2D eigenvalue weighted by Crippen LogP contribution is 2.44. The van der Waals surface area contributed by atoms with E-state index in [1.165, 1.54) is 0 Å². The molecule has 2 aliphatic carbocycles. The summed E-state index contributed by atoms with van der Waals surface area (Å²) in [6.45, 7) is -1.13. The molecule has 2 bridgehead atoms. The highest BCUT2D eigenvalue weighted by molar-refractivity contribution is 5.86. The molecule has 0 radical (unpaired) electrons. The van der Waals surface area contributed by atoms with Gasteiger partial charge in [-0.1, -0.05) is 48.5 Å². The number of alkyl carbamates (subject to hydrolysis) is 1. The maximum atomic E-state index is 14.7. The fraction of sp³-hybridized carbons (Fsp3) is 0.423. The topological polar surface area (TPSA) is 95.9 Å². The van der Waals surface area contributed by atoms with Gasteiger partial charge in [0.25, 0.3) is 5.91 Å². The number of halogens is 2. The summed E-state index contributed by atoms with van der Waals surface area (Å²) in [5.41, 5.74) is 4.08. The number of carbonyl (C=O) groups excluding carboxylic acids is 2. The molecule has 4 aliphatic rings. The first-order valence-electron chi connectivity index (χ1n) is 11.8. The second kappa shape index (κ2) is 8.94. The predicted octanol–water partition coefficient (Wildman–Crippen LogP) is 3.87. The number of alkyl halides is 2. The summed E-state index contributed by atoms with van der Waals surface area (Å²) in [4.78, 5) is 37.4. The summed E-state index contributed by atoms with van der Waals surface area (Å²) in [6, 6.07) is 14.8. The van der Waals surface area contributed by atoms with Gasteiger partial charge >= 0.3 is 18.0 Å². The number of hydrogen-bond acceptors (Lipinski definition) is 4. The lowest BCUT2D eigenvalue weighted by atomic mass is 9.72. The number of benzene rings is 2. The molecule has 0 aromatic heterocycles. The third-order valence-corrected chi connectivity index (χ3v) is 7.47. The van der Waals surface area contributed by atoms with Crippen LogP contribution in [0.3, 0.4) is 0 Å². The second-order valence-electron chi connectivity index (χ2n) is 9.53. The highest BCUT2D eigenvalue weighted by Gasteiger charge is 2.52. The molecule has 2 aromatic carbocycles. The quantitative estimate of drug-likeness (QED) is 0.649.